The second-order valence-corrected chi connectivity index (χ2v) is 8.89. The van der Waals surface area contributed by atoms with Gasteiger partial charge < -0.3 is 15.0 Å². The monoisotopic (exact) mass is 463 g/mol. The summed E-state index contributed by atoms with van der Waals surface area (Å²) in [6.07, 6.45) is -3.67. The van der Waals surface area contributed by atoms with Crippen LogP contribution >= 0.6 is 11.6 Å². The first-order chi connectivity index (χ1) is 14.6. The highest BCUT2D eigenvalue weighted by Crippen LogP contribution is 2.33. The zero-order chi connectivity index (χ0) is 22.6. The Labute approximate surface area is 185 Å². The number of carbonyl (C=O) groups excluding carboxylic acids is 1. The van der Waals surface area contributed by atoms with Gasteiger partial charge in [-0.1, -0.05) is 11.6 Å². The van der Waals surface area contributed by atoms with E-state index in [9.17, 15) is 18.0 Å². The molecule has 0 spiro atoms. The number of ether oxygens (including phenoxy) is 1. The molecule has 2 aliphatic rings. The smallest absolute Gasteiger partial charge is 0.379 e. The lowest BCUT2D eigenvalue weighted by Gasteiger charge is -2.41. The van der Waals surface area contributed by atoms with E-state index in [4.69, 9.17) is 16.3 Å². The summed E-state index contributed by atoms with van der Waals surface area (Å²) in [5, 5.41) is 3.00. The summed E-state index contributed by atoms with van der Waals surface area (Å²) in [5.41, 5.74) is -1.01. The molecule has 7 nitrogen and oxygen atoms in total. The molecular formula is C20H29ClF3N5O2. The first-order valence-electron chi connectivity index (χ1n) is 10.4. The third kappa shape index (κ3) is 6.44. The predicted molar refractivity (Wildman–Crippen MR) is 112 cm³/mol. The number of hydrogen-bond donors (Lipinski definition) is 1. The van der Waals surface area contributed by atoms with E-state index in [1.807, 2.05) is 9.80 Å². The molecule has 2 aliphatic heterocycles. The van der Waals surface area contributed by atoms with Crippen molar-refractivity contribution in [2.45, 2.75) is 25.6 Å². The average molecular weight is 464 g/mol. The molecule has 1 aromatic heterocycles. The highest BCUT2D eigenvalue weighted by molar-refractivity contribution is 6.33. The van der Waals surface area contributed by atoms with Gasteiger partial charge >= 0.3 is 6.18 Å². The zero-order valence-electron chi connectivity index (χ0n) is 17.8. The van der Waals surface area contributed by atoms with Crippen molar-refractivity contribution in [1.82, 2.24) is 20.1 Å². The Balaban J connectivity index is 1.45. The fourth-order valence-corrected chi connectivity index (χ4v) is 4.08. The van der Waals surface area contributed by atoms with Gasteiger partial charge in [0.05, 0.1) is 30.3 Å². The Morgan fingerprint density at radius 2 is 1.81 bits per heavy atom. The van der Waals surface area contributed by atoms with Crippen LogP contribution < -0.4 is 10.2 Å². The molecule has 1 amide bonds. The van der Waals surface area contributed by atoms with E-state index in [2.05, 4.69) is 29.0 Å². The topological polar surface area (TPSA) is 60.9 Å². The van der Waals surface area contributed by atoms with E-state index in [1.54, 1.807) is 0 Å². The van der Waals surface area contributed by atoms with Crippen LogP contribution in [0.2, 0.25) is 5.02 Å². The Morgan fingerprint density at radius 3 is 2.39 bits per heavy atom. The Hall–Kier alpha value is -1.62. The standard InChI is InChI=1S/C20H29ClF3N5O2/c1-19(2,29-7-9-31-10-8-29)14-26-17(30)13-27-3-5-28(6-4-27)18-16(21)11-15(12-25-18)20(22,23)24/h11-12H,3-10,13-14H2,1-2H3,(H,26,30). The first kappa shape index (κ1) is 24.0. The van der Waals surface area contributed by atoms with Crippen LogP contribution in [0.1, 0.15) is 19.4 Å². The molecule has 2 saturated heterocycles. The van der Waals surface area contributed by atoms with Crippen LogP contribution in [0.15, 0.2) is 12.3 Å². The Kier molecular flexibility index (Phi) is 7.67. The van der Waals surface area contributed by atoms with E-state index in [0.29, 0.717) is 51.8 Å². The molecule has 11 heteroatoms. The lowest BCUT2D eigenvalue weighted by atomic mass is 10.0. The second-order valence-electron chi connectivity index (χ2n) is 8.48. The molecule has 0 aliphatic carbocycles. The molecule has 3 heterocycles. The number of morpholine rings is 1. The highest BCUT2D eigenvalue weighted by Gasteiger charge is 2.33. The number of amides is 1. The van der Waals surface area contributed by atoms with Crippen molar-refractivity contribution in [3.63, 3.8) is 0 Å². The molecule has 0 bridgehead atoms. The second kappa shape index (κ2) is 9.89. The molecule has 0 aromatic carbocycles. The number of piperazine rings is 1. The number of carbonyl (C=O) groups is 1. The Bertz CT molecular complexity index is 764. The zero-order valence-corrected chi connectivity index (χ0v) is 18.6. The van der Waals surface area contributed by atoms with Crippen LogP contribution in [-0.4, -0.2) is 91.8 Å². The Morgan fingerprint density at radius 1 is 1.16 bits per heavy atom. The number of nitrogens with one attached hydrogen (secondary N) is 1. The maximum Gasteiger partial charge on any atom is 0.417 e. The van der Waals surface area contributed by atoms with Gasteiger partial charge in [-0.2, -0.15) is 13.2 Å². The molecule has 174 valence electrons. The summed E-state index contributed by atoms with van der Waals surface area (Å²) in [7, 11) is 0. The van der Waals surface area contributed by atoms with Crippen molar-refractivity contribution in [2.24, 2.45) is 0 Å². The summed E-state index contributed by atoms with van der Waals surface area (Å²) in [4.78, 5) is 22.5. The van der Waals surface area contributed by atoms with Crippen molar-refractivity contribution in [3.8, 4) is 0 Å². The molecule has 0 atom stereocenters. The molecular weight excluding hydrogens is 435 g/mol. The lowest BCUT2D eigenvalue weighted by molar-refractivity contribution is -0.137. The third-order valence-electron chi connectivity index (χ3n) is 5.77. The predicted octanol–water partition coefficient (Wildman–Crippen LogP) is 2.10. The first-order valence-corrected chi connectivity index (χ1v) is 10.7. The number of aromatic nitrogens is 1. The third-order valence-corrected chi connectivity index (χ3v) is 6.05. The van der Waals surface area contributed by atoms with Gasteiger partial charge in [-0.05, 0) is 19.9 Å². The minimum Gasteiger partial charge on any atom is -0.379 e. The summed E-state index contributed by atoms with van der Waals surface area (Å²) in [6.45, 7) is 10.4. The lowest BCUT2D eigenvalue weighted by Crippen LogP contribution is -2.56. The minimum atomic E-state index is -4.47. The highest BCUT2D eigenvalue weighted by atomic mass is 35.5. The SMILES string of the molecule is CC(C)(CNC(=O)CN1CCN(c2ncc(C(F)(F)F)cc2Cl)CC1)N1CCOCC1. The van der Waals surface area contributed by atoms with Crippen molar-refractivity contribution in [2.75, 3.05) is 70.5 Å². The summed E-state index contributed by atoms with van der Waals surface area (Å²) >= 11 is 6.04. The molecule has 0 saturated carbocycles. The maximum absolute atomic E-state index is 12.8. The van der Waals surface area contributed by atoms with E-state index >= 15 is 0 Å². The van der Waals surface area contributed by atoms with Crippen molar-refractivity contribution in [1.29, 1.82) is 0 Å². The number of hydrogen-bond acceptors (Lipinski definition) is 6. The van der Waals surface area contributed by atoms with E-state index < -0.39 is 11.7 Å². The van der Waals surface area contributed by atoms with Crippen LogP contribution in [0.25, 0.3) is 0 Å². The fraction of sp³-hybridized carbons (Fsp3) is 0.700. The molecule has 0 unspecified atom stereocenters. The van der Waals surface area contributed by atoms with Gasteiger partial charge in [0, 0.05) is 57.5 Å². The van der Waals surface area contributed by atoms with Crippen LogP contribution in [-0.2, 0) is 15.7 Å². The molecule has 0 radical (unpaired) electrons. The van der Waals surface area contributed by atoms with Gasteiger partial charge in [0.15, 0.2) is 0 Å². The van der Waals surface area contributed by atoms with Crippen molar-refractivity contribution in [3.05, 3.63) is 22.8 Å². The van der Waals surface area contributed by atoms with Gasteiger partial charge in [0.25, 0.3) is 0 Å². The van der Waals surface area contributed by atoms with Gasteiger partial charge in [-0.25, -0.2) is 4.98 Å². The van der Waals surface area contributed by atoms with E-state index in [1.165, 1.54) is 0 Å². The van der Waals surface area contributed by atoms with Crippen LogP contribution in [0.3, 0.4) is 0 Å². The number of rotatable bonds is 6. The van der Waals surface area contributed by atoms with E-state index in [-0.39, 0.29) is 23.0 Å². The molecule has 2 fully saturated rings. The summed E-state index contributed by atoms with van der Waals surface area (Å²) in [5.74, 6) is 0.298. The van der Waals surface area contributed by atoms with Crippen molar-refractivity contribution >= 4 is 23.3 Å². The van der Waals surface area contributed by atoms with Crippen LogP contribution in [0.5, 0.6) is 0 Å². The normalized spacial score (nSPS) is 19.5. The van der Waals surface area contributed by atoms with Crippen molar-refractivity contribution < 1.29 is 22.7 Å². The molecule has 3 rings (SSSR count). The number of halogens is 4. The van der Waals surface area contributed by atoms with Gasteiger partial charge in [0.2, 0.25) is 5.91 Å². The molecule has 1 N–H and O–H groups in total. The minimum absolute atomic E-state index is 0.0219. The van der Waals surface area contributed by atoms with Crippen LogP contribution in [0.4, 0.5) is 19.0 Å². The summed E-state index contributed by atoms with van der Waals surface area (Å²) < 4.78 is 43.8. The number of pyridine rings is 1. The number of anilines is 1. The molecule has 31 heavy (non-hydrogen) atoms. The maximum atomic E-state index is 12.8. The summed E-state index contributed by atoms with van der Waals surface area (Å²) in [6, 6.07) is 0.903. The van der Waals surface area contributed by atoms with Gasteiger partial charge in [-0.15, -0.1) is 0 Å². The largest absolute Gasteiger partial charge is 0.417 e. The van der Waals surface area contributed by atoms with Gasteiger partial charge in [0.1, 0.15) is 5.82 Å². The van der Waals surface area contributed by atoms with Crippen LogP contribution in [0, 0.1) is 0 Å². The number of nitrogens with zero attached hydrogens (tertiary/aromatic N) is 4. The quantitative estimate of drug-likeness (QED) is 0.697. The number of alkyl halides is 3. The average Bonchev–Trinajstić information content (AvgIpc) is 2.73. The van der Waals surface area contributed by atoms with Gasteiger partial charge in [-0.3, -0.25) is 14.6 Å². The fourth-order valence-electron chi connectivity index (χ4n) is 3.79. The molecule has 1 aromatic rings. The van der Waals surface area contributed by atoms with E-state index in [0.717, 1.165) is 25.4 Å².